The molecule has 0 unspecified atom stereocenters. The summed E-state index contributed by atoms with van der Waals surface area (Å²) in [4.78, 5) is 0. The van der Waals surface area contributed by atoms with E-state index >= 15 is 0 Å². The second-order valence-corrected chi connectivity index (χ2v) is 0. The summed E-state index contributed by atoms with van der Waals surface area (Å²) in [6.45, 7) is 0. The van der Waals surface area contributed by atoms with Crippen LogP contribution < -0.4 is 6.15 Å². The van der Waals surface area contributed by atoms with E-state index in [0.29, 0.717) is 0 Å². The molecule has 0 radical (unpaired) electrons. The van der Waals surface area contributed by atoms with E-state index in [2.05, 4.69) is 0 Å². The van der Waals surface area contributed by atoms with Gasteiger partial charge in [-0.2, -0.15) is 0 Å². The van der Waals surface area contributed by atoms with Gasteiger partial charge in [-0.15, -0.1) is 0 Å². The van der Waals surface area contributed by atoms with Gasteiger partial charge in [0, 0.05) is 25.8 Å². The van der Waals surface area contributed by atoms with E-state index in [0.717, 1.165) is 0 Å². The first-order valence-electron chi connectivity index (χ1n) is 0. The second-order valence-electron chi connectivity index (χ2n) is 0. The third-order valence-corrected chi connectivity index (χ3v) is 0. The molecule has 0 fully saturated rings. The Labute approximate surface area is 58.9 Å². The number of hydrogen-bond donors (Lipinski definition) is 1. The fourth-order valence-corrected chi connectivity index (χ4v) is 0. The zero-order valence-corrected chi connectivity index (χ0v) is 4.80. The van der Waals surface area contributed by atoms with E-state index in [1.165, 1.54) is 0 Å². The van der Waals surface area contributed by atoms with E-state index in [1.54, 1.807) is 0 Å². The molecule has 0 aromatic carbocycles. The maximum absolute atomic E-state index is 0. The minimum absolute atomic E-state index is 0. The van der Waals surface area contributed by atoms with Crippen molar-refractivity contribution in [3.8, 4) is 0 Å². The summed E-state index contributed by atoms with van der Waals surface area (Å²) in [6, 6.07) is 0. The minimum Gasteiger partial charge on any atom is -0.344 e. The molecule has 0 aliphatic heterocycles. The summed E-state index contributed by atoms with van der Waals surface area (Å²) < 4.78 is 0. The van der Waals surface area contributed by atoms with Crippen LogP contribution in [0.15, 0.2) is 0 Å². The summed E-state index contributed by atoms with van der Waals surface area (Å²) in [5.41, 5.74) is 0. The maximum Gasteiger partial charge on any atom is 0.0814 e. The van der Waals surface area contributed by atoms with Crippen molar-refractivity contribution < 1.29 is 25.8 Å². The minimum atomic E-state index is 0. The van der Waals surface area contributed by atoms with Crippen LogP contribution in [0, 0.1) is 0 Å². The van der Waals surface area contributed by atoms with Gasteiger partial charge < -0.3 is 6.15 Å². The molecule has 0 heterocycles. The Bertz CT molecular complexity index is 11.6. The number of hydrogen-bond acceptors (Lipinski definition) is 1. The standard InChI is InChI=1S/CH4.BH3.Hf.H3N.H4Si/h1H4;1H3;;1H3;1H4. The molecule has 4 heteroatoms. The third-order valence-electron chi connectivity index (χ3n) is 0. The molecule has 0 spiro atoms. The number of rotatable bonds is 0. The van der Waals surface area contributed by atoms with Crippen LogP contribution in [0.1, 0.15) is 7.43 Å². The van der Waals surface area contributed by atoms with Crippen LogP contribution in [-0.4, -0.2) is 19.4 Å². The molecule has 0 aromatic heterocycles. The topological polar surface area (TPSA) is 35.0 Å². The van der Waals surface area contributed by atoms with Gasteiger partial charge in [0.05, 0.1) is 8.41 Å². The van der Waals surface area contributed by atoms with Crippen LogP contribution in [0.5, 0.6) is 0 Å². The maximum atomic E-state index is 0. The van der Waals surface area contributed by atoms with Gasteiger partial charge in [-0.1, -0.05) is 7.43 Å². The summed E-state index contributed by atoms with van der Waals surface area (Å²) in [6.07, 6.45) is 0. The van der Waals surface area contributed by atoms with Gasteiger partial charge in [0.1, 0.15) is 0 Å². The van der Waals surface area contributed by atoms with Crippen LogP contribution >= 0.6 is 0 Å². The Morgan fingerprint density at radius 1 is 1.00 bits per heavy atom. The molecule has 3 N–H and O–H groups in total. The predicted octanol–water partition coefficient (Wildman–Crippen LogP) is -1.84. The fraction of sp³-hybridized carbons (Fsp3) is 1.00. The van der Waals surface area contributed by atoms with Gasteiger partial charge in [0.25, 0.3) is 0 Å². The summed E-state index contributed by atoms with van der Waals surface area (Å²) in [5.74, 6) is 0. The van der Waals surface area contributed by atoms with Gasteiger partial charge in [-0.3, -0.25) is 0 Å². The summed E-state index contributed by atoms with van der Waals surface area (Å²) in [7, 11) is 0. The molecule has 0 aromatic rings. The molecule has 0 saturated heterocycles. The zero-order valence-electron chi connectivity index (χ0n) is 1.21. The molecule has 1 nitrogen and oxygen atoms in total. The van der Waals surface area contributed by atoms with Crippen LogP contribution in [0.4, 0.5) is 0 Å². The molecular formula is CH14BHfNSi. The van der Waals surface area contributed by atoms with E-state index < -0.39 is 0 Å². The summed E-state index contributed by atoms with van der Waals surface area (Å²) >= 11 is 0. The third kappa shape index (κ3) is 40.0. The van der Waals surface area contributed by atoms with Crippen molar-refractivity contribution >= 4 is 19.4 Å². The monoisotopic (exact) mass is 259 g/mol. The first kappa shape index (κ1) is 129. The smallest absolute Gasteiger partial charge is 0.0814 e. The van der Waals surface area contributed by atoms with Gasteiger partial charge >= 0.3 is 0 Å². The summed E-state index contributed by atoms with van der Waals surface area (Å²) in [5, 5.41) is 0. The Morgan fingerprint density at radius 2 is 1.00 bits per heavy atom. The first-order chi connectivity index (χ1) is 0. The first-order valence-corrected chi connectivity index (χ1v) is 0. The van der Waals surface area contributed by atoms with Crippen LogP contribution in [0.3, 0.4) is 0 Å². The van der Waals surface area contributed by atoms with Gasteiger partial charge in [-0.05, 0) is 11.0 Å². The van der Waals surface area contributed by atoms with Gasteiger partial charge in [0.15, 0.2) is 0 Å². The normalized spacial score (nSPS) is 0. The van der Waals surface area contributed by atoms with Crippen LogP contribution in [0.25, 0.3) is 0 Å². The fourth-order valence-electron chi connectivity index (χ4n) is 0. The van der Waals surface area contributed by atoms with E-state index in [1.807, 2.05) is 0 Å². The molecule has 0 aliphatic carbocycles. The second kappa shape index (κ2) is 69.9. The average Bonchev–Trinajstić information content (AvgIpc) is 0. The molecule has 0 atom stereocenters. The van der Waals surface area contributed by atoms with E-state index in [9.17, 15) is 0 Å². The van der Waals surface area contributed by atoms with Crippen molar-refractivity contribution in [3.63, 3.8) is 0 Å². The van der Waals surface area contributed by atoms with Crippen LogP contribution in [-0.2, 0) is 25.8 Å². The largest absolute Gasteiger partial charge is 0.344 e. The Balaban J connectivity index is 0. The van der Waals surface area contributed by atoms with Crippen molar-refractivity contribution in [2.45, 2.75) is 7.43 Å². The van der Waals surface area contributed by atoms with Crippen molar-refractivity contribution in [1.82, 2.24) is 6.15 Å². The van der Waals surface area contributed by atoms with Crippen LogP contribution in [0.2, 0.25) is 0 Å². The molecule has 0 aliphatic rings. The molecule has 5 heavy (non-hydrogen) atoms. The zero-order chi connectivity index (χ0) is 0. The van der Waals surface area contributed by atoms with Gasteiger partial charge in [-0.25, -0.2) is 0 Å². The van der Waals surface area contributed by atoms with Crippen molar-refractivity contribution in [1.29, 1.82) is 0 Å². The molecule has 34 valence electrons. The molecule has 0 bridgehead atoms. The molecular weight excluding hydrogens is 243 g/mol. The van der Waals surface area contributed by atoms with E-state index in [-0.39, 0.29) is 58.8 Å². The Hall–Kier alpha value is 1.11. The van der Waals surface area contributed by atoms with Crippen molar-refractivity contribution in [2.24, 2.45) is 0 Å². The predicted molar refractivity (Wildman–Crippen MR) is 33.0 cm³/mol. The molecule has 0 saturated carbocycles. The molecule has 0 amide bonds. The Kier molecular flexibility index (Phi) is 1810. The Morgan fingerprint density at radius 3 is 1.00 bits per heavy atom. The van der Waals surface area contributed by atoms with E-state index in [4.69, 9.17) is 0 Å². The van der Waals surface area contributed by atoms with Crippen molar-refractivity contribution in [2.75, 3.05) is 0 Å². The quantitative estimate of drug-likeness (QED) is 0.509. The van der Waals surface area contributed by atoms with Gasteiger partial charge in [0.2, 0.25) is 0 Å². The van der Waals surface area contributed by atoms with Crippen molar-refractivity contribution in [3.05, 3.63) is 0 Å². The average molecular weight is 258 g/mol. The molecule has 0 rings (SSSR count). The SMILES string of the molecule is B.C.N.[Hf].[SiH4].